The number of aliphatic carboxylic acids is 1. The van der Waals surface area contributed by atoms with Crippen LogP contribution in [0.3, 0.4) is 0 Å². The molecule has 184 valence electrons. The molecule has 2 amide bonds. The Morgan fingerprint density at radius 2 is 2.14 bits per heavy atom. The molecule has 1 saturated heterocycles. The van der Waals surface area contributed by atoms with Crippen LogP contribution >= 0.6 is 23.3 Å². The van der Waals surface area contributed by atoms with Gasteiger partial charge in [-0.05, 0) is 14.0 Å². The van der Waals surface area contributed by atoms with Crippen LogP contribution in [0.15, 0.2) is 47.0 Å². The van der Waals surface area contributed by atoms with Crippen molar-refractivity contribution in [3.05, 3.63) is 47.7 Å². The minimum Gasteiger partial charge on any atom is -0.477 e. The number of carboxylic acid groups (broad SMARTS) is 1. The molecule has 3 atom stereocenters. The van der Waals surface area contributed by atoms with E-state index in [4.69, 9.17) is 10.6 Å². The molecule has 2 aromatic heterocycles. The molecule has 0 spiro atoms. The maximum atomic E-state index is 13.1. The largest absolute Gasteiger partial charge is 0.477 e. The van der Waals surface area contributed by atoms with Crippen LogP contribution in [0.1, 0.15) is 18.9 Å². The summed E-state index contributed by atoms with van der Waals surface area (Å²) in [6.07, 6.45) is 3.15. The van der Waals surface area contributed by atoms with Crippen LogP contribution in [0, 0.1) is 0 Å². The number of fused-ring (bicyclic) bond motifs is 1. The number of oxime groups is 1. The number of nitrogens with one attached hydrogen (secondary N) is 2. The number of β-lactam (4-membered cyclic amide) rings is 1. The molecule has 0 aromatic carbocycles. The van der Waals surface area contributed by atoms with Crippen LogP contribution in [0.25, 0.3) is 0 Å². The molecule has 4 rings (SSSR count). The van der Waals surface area contributed by atoms with Gasteiger partial charge in [0.25, 0.3) is 11.8 Å². The summed E-state index contributed by atoms with van der Waals surface area (Å²) in [4.78, 5) is 48.4. The molecule has 0 bridgehead atoms. The molecule has 4 heterocycles. The van der Waals surface area contributed by atoms with Gasteiger partial charge in [0.2, 0.25) is 17.7 Å². The van der Waals surface area contributed by atoms with Gasteiger partial charge in [-0.15, -0.1) is 11.8 Å². The zero-order chi connectivity index (χ0) is 25.1. The smallest absolute Gasteiger partial charge is 0.352 e. The van der Waals surface area contributed by atoms with Crippen molar-refractivity contribution in [1.82, 2.24) is 24.9 Å². The number of carbonyl (C=O) groups is 3. The molecular weight excluding hydrogens is 496 g/mol. The third kappa shape index (κ3) is 4.69. The number of hydrogen-bond acceptors (Lipinski definition) is 11. The molecule has 2 aliphatic heterocycles. The number of carbonyl (C=O) groups excluding carboxylic acids is 2. The first-order chi connectivity index (χ1) is 16.9. The Labute approximate surface area is 208 Å². The monoisotopic (exact) mass is 519 g/mol. The summed E-state index contributed by atoms with van der Waals surface area (Å²) in [6.45, 7) is 1.89. The van der Waals surface area contributed by atoms with Gasteiger partial charge in [-0.1, -0.05) is 11.2 Å². The van der Waals surface area contributed by atoms with E-state index < -0.39 is 35.4 Å². The van der Waals surface area contributed by atoms with Crippen LogP contribution < -0.4 is 20.9 Å². The number of aromatic nitrogens is 3. The fourth-order valence-electron chi connectivity index (χ4n) is 3.79. The highest BCUT2D eigenvalue weighted by Gasteiger charge is 2.55. The highest BCUT2D eigenvalue weighted by molar-refractivity contribution is 8.00. The Hall–Kier alpha value is -3.56. The average Bonchev–Trinajstić information content (AvgIpc) is 3.29. The van der Waals surface area contributed by atoms with Gasteiger partial charge in [-0.2, -0.15) is 13.9 Å². The Bertz CT molecular complexity index is 1200. The Morgan fingerprint density at radius 1 is 1.40 bits per heavy atom. The number of rotatable bonds is 9. The number of amides is 2. The first-order valence-electron chi connectivity index (χ1n) is 10.5. The summed E-state index contributed by atoms with van der Waals surface area (Å²) in [7, 11) is 1.72. The van der Waals surface area contributed by atoms with Gasteiger partial charge in [0.1, 0.15) is 23.7 Å². The fraction of sp³-hybridized carbons (Fsp3) is 0.350. The number of thioether (sulfide) groups is 1. The van der Waals surface area contributed by atoms with Gasteiger partial charge in [-0.3, -0.25) is 19.8 Å². The van der Waals surface area contributed by atoms with Gasteiger partial charge in [0.15, 0.2) is 17.5 Å². The predicted molar refractivity (Wildman–Crippen MR) is 127 cm³/mol. The molecular formula is C20H23N8O5S2+. The van der Waals surface area contributed by atoms with Gasteiger partial charge < -0.3 is 21.0 Å². The number of nitrogens with zero attached hydrogens (tertiary/aromatic N) is 5. The minimum absolute atomic E-state index is 0.0245. The third-order valence-electron chi connectivity index (χ3n) is 5.28. The van der Waals surface area contributed by atoms with Crippen LogP contribution in [0.2, 0.25) is 0 Å². The van der Waals surface area contributed by atoms with Crippen LogP contribution in [-0.2, 0) is 19.2 Å². The molecule has 0 aliphatic carbocycles. The summed E-state index contributed by atoms with van der Waals surface area (Å²) in [5.41, 5.74) is 5.83. The summed E-state index contributed by atoms with van der Waals surface area (Å²) >= 11 is 2.25. The van der Waals surface area contributed by atoms with Crippen molar-refractivity contribution >= 4 is 51.9 Å². The summed E-state index contributed by atoms with van der Waals surface area (Å²) in [6, 6.07) is 4.56. The zero-order valence-corrected chi connectivity index (χ0v) is 20.4. The Balaban J connectivity index is 1.58. The SMILES string of the molecule is CCO/N=C(\C(=O)NC1C(=O)N2C(C(=O)O)=C(C(NC)[n+]3ccccc3)CS[C@H]12)c1nsc(N)n1. The van der Waals surface area contributed by atoms with Gasteiger partial charge >= 0.3 is 5.97 Å². The van der Waals surface area contributed by atoms with E-state index in [9.17, 15) is 19.5 Å². The molecule has 0 radical (unpaired) electrons. The number of hydrogen-bond donors (Lipinski definition) is 4. The molecule has 2 aliphatic rings. The standard InChI is InChI=1S/C20H22N8O5S2/c1-3-33-25-11(14-24-20(21)35-26-14)16(29)23-12-17(30)28-13(19(31)32)10(9-34-18(12)28)15(22-2)27-7-5-4-6-8-27/h4-8,12,15,18,22H,3,9H2,1-2H3,(H3-,21,23,24,26,29,31,32)/p+1/b25-11-/t12?,15?,18-/m1/s1. The van der Waals surface area contributed by atoms with Crippen molar-refractivity contribution in [3.63, 3.8) is 0 Å². The first kappa shape index (κ1) is 24.6. The normalized spacial score (nSPS) is 20.7. The number of nitrogens with two attached hydrogens (primary N) is 1. The van der Waals surface area contributed by atoms with E-state index in [1.165, 1.54) is 16.7 Å². The second-order valence-electron chi connectivity index (χ2n) is 7.37. The van der Waals surface area contributed by atoms with Crippen LogP contribution in [0.4, 0.5) is 5.13 Å². The molecule has 2 aromatic rings. The summed E-state index contributed by atoms with van der Waals surface area (Å²) in [5, 5.41) is 19.0. The molecule has 1 fully saturated rings. The molecule has 13 nitrogen and oxygen atoms in total. The zero-order valence-electron chi connectivity index (χ0n) is 18.7. The molecule has 5 N–H and O–H groups in total. The van der Waals surface area contributed by atoms with E-state index in [2.05, 4.69) is 25.1 Å². The lowest BCUT2D eigenvalue weighted by molar-refractivity contribution is -0.719. The van der Waals surface area contributed by atoms with E-state index in [1.807, 2.05) is 35.2 Å². The Kier molecular flexibility index (Phi) is 7.28. The van der Waals surface area contributed by atoms with Gasteiger partial charge in [-0.25, -0.2) is 4.79 Å². The number of pyridine rings is 1. The predicted octanol–water partition coefficient (Wildman–Crippen LogP) is -0.695. The lowest BCUT2D eigenvalue weighted by Gasteiger charge is -2.49. The Morgan fingerprint density at radius 3 is 2.74 bits per heavy atom. The van der Waals surface area contributed by atoms with Crippen molar-refractivity contribution in [1.29, 1.82) is 0 Å². The quantitative estimate of drug-likeness (QED) is 0.143. The number of likely N-dealkylation sites (N-methyl/N-ethyl adjacent to an activating group) is 1. The van der Waals surface area contributed by atoms with E-state index in [0.717, 1.165) is 11.5 Å². The molecule has 35 heavy (non-hydrogen) atoms. The van der Waals surface area contributed by atoms with Crippen molar-refractivity contribution in [3.8, 4) is 0 Å². The highest BCUT2D eigenvalue weighted by Crippen LogP contribution is 2.42. The summed E-state index contributed by atoms with van der Waals surface area (Å²) < 4.78 is 5.81. The minimum atomic E-state index is -1.22. The fourth-order valence-corrected chi connectivity index (χ4v) is 5.61. The second-order valence-corrected chi connectivity index (χ2v) is 9.26. The van der Waals surface area contributed by atoms with Gasteiger partial charge in [0, 0.05) is 29.4 Å². The van der Waals surface area contributed by atoms with E-state index in [-0.39, 0.29) is 29.0 Å². The lowest BCUT2D eigenvalue weighted by Crippen LogP contribution is -2.71. The number of nitrogen functional groups attached to an aromatic ring is 1. The van der Waals surface area contributed by atoms with Crippen molar-refractivity contribution in [2.45, 2.75) is 24.5 Å². The maximum Gasteiger partial charge on any atom is 0.352 e. The maximum absolute atomic E-state index is 13.1. The van der Waals surface area contributed by atoms with Crippen LogP contribution in [-0.4, -0.2) is 73.7 Å². The second kappa shape index (κ2) is 10.4. The van der Waals surface area contributed by atoms with Crippen molar-refractivity contribution < 1.29 is 28.9 Å². The topological polar surface area (TPSA) is 176 Å². The number of carboxylic acids is 1. The van der Waals surface area contributed by atoms with Gasteiger partial charge in [0.05, 0.1) is 5.57 Å². The van der Waals surface area contributed by atoms with E-state index >= 15 is 0 Å². The summed E-state index contributed by atoms with van der Waals surface area (Å²) in [5.74, 6) is -2.18. The van der Waals surface area contributed by atoms with Crippen molar-refractivity contribution in [2.24, 2.45) is 5.16 Å². The van der Waals surface area contributed by atoms with E-state index in [1.54, 1.807) is 14.0 Å². The highest BCUT2D eigenvalue weighted by atomic mass is 32.2. The molecule has 15 heteroatoms. The van der Waals surface area contributed by atoms with Crippen molar-refractivity contribution in [2.75, 3.05) is 25.1 Å². The average molecular weight is 520 g/mol. The molecule has 0 saturated carbocycles. The lowest BCUT2D eigenvalue weighted by atomic mass is 10.0. The molecule has 2 unspecified atom stereocenters. The third-order valence-corrected chi connectivity index (χ3v) is 7.13. The first-order valence-corrected chi connectivity index (χ1v) is 12.3. The van der Waals surface area contributed by atoms with E-state index in [0.29, 0.717) is 11.3 Å². The number of anilines is 1. The van der Waals surface area contributed by atoms with Crippen LogP contribution in [0.5, 0.6) is 0 Å².